The maximum atomic E-state index is 6.23. The number of nitrogens with zero attached hydrogens (tertiary/aromatic N) is 1. The number of piperidine rings is 1. The average Bonchev–Trinajstić information content (AvgIpc) is 3.15. The second kappa shape index (κ2) is 5.98. The molecule has 2 heterocycles. The highest BCUT2D eigenvalue weighted by Crippen LogP contribution is 2.40. The molecule has 0 aromatic heterocycles. The molecule has 1 aliphatic carbocycles. The molecule has 0 saturated carbocycles. The van der Waals surface area contributed by atoms with Gasteiger partial charge in [0.1, 0.15) is 0 Å². The standard InChI is InChI=1S/C20H29NO/c1-2-16-13-20(22-15-16)9-11-21(12-10-20)14-18-8-7-17-5-3-4-6-19(17)18/h3-6,16,18H,2,7-15H2,1H3/t16-,18+/m1/s1. The molecule has 2 nitrogen and oxygen atoms in total. The Hall–Kier alpha value is -0.860. The fraction of sp³-hybridized carbons (Fsp3) is 0.700. The van der Waals surface area contributed by atoms with E-state index in [-0.39, 0.29) is 5.60 Å². The summed E-state index contributed by atoms with van der Waals surface area (Å²) in [5, 5.41) is 0. The second-order valence-corrected chi connectivity index (χ2v) is 7.71. The van der Waals surface area contributed by atoms with E-state index in [1.165, 1.54) is 58.2 Å². The fourth-order valence-electron chi connectivity index (χ4n) is 4.84. The first-order valence-electron chi connectivity index (χ1n) is 9.22. The van der Waals surface area contributed by atoms with Gasteiger partial charge in [-0.15, -0.1) is 0 Å². The van der Waals surface area contributed by atoms with Crippen molar-refractivity contribution in [1.82, 2.24) is 4.90 Å². The van der Waals surface area contributed by atoms with Crippen molar-refractivity contribution >= 4 is 0 Å². The van der Waals surface area contributed by atoms with Crippen LogP contribution in [-0.2, 0) is 11.2 Å². The molecule has 0 N–H and O–H groups in total. The Balaban J connectivity index is 1.34. The second-order valence-electron chi connectivity index (χ2n) is 7.71. The van der Waals surface area contributed by atoms with Gasteiger partial charge in [0.15, 0.2) is 0 Å². The number of hydrogen-bond acceptors (Lipinski definition) is 2. The minimum atomic E-state index is 0.241. The molecule has 120 valence electrons. The highest BCUT2D eigenvalue weighted by atomic mass is 16.5. The largest absolute Gasteiger partial charge is 0.375 e. The van der Waals surface area contributed by atoms with Crippen molar-refractivity contribution in [2.45, 2.75) is 57.0 Å². The number of ether oxygens (including phenoxy) is 1. The number of benzene rings is 1. The van der Waals surface area contributed by atoms with Crippen molar-refractivity contribution in [3.63, 3.8) is 0 Å². The Labute approximate surface area is 134 Å². The van der Waals surface area contributed by atoms with Crippen LogP contribution in [-0.4, -0.2) is 36.7 Å². The number of likely N-dealkylation sites (tertiary alicyclic amines) is 1. The molecule has 1 aromatic rings. The number of fused-ring (bicyclic) bond motifs is 1. The predicted molar refractivity (Wildman–Crippen MR) is 90.3 cm³/mol. The Bertz CT molecular complexity index is 518. The average molecular weight is 299 g/mol. The minimum Gasteiger partial charge on any atom is -0.375 e. The third-order valence-electron chi connectivity index (χ3n) is 6.37. The van der Waals surface area contributed by atoms with E-state index in [9.17, 15) is 0 Å². The van der Waals surface area contributed by atoms with Gasteiger partial charge in [-0.25, -0.2) is 0 Å². The Morgan fingerprint density at radius 1 is 1.23 bits per heavy atom. The minimum absolute atomic E-state index is 0.241. The predicted octanol–water partition coefficient (Wildman–Crippen LogP) is 4.00. The summed E-state index contributed by atoms with van der Waals surface area (Å²) in [5.41, 5.74) is 3.45. The monoisotopic (exact) mass is 299 g/mol. The topological polar surface area (TPSA) is 12.5 Å². The van der Waals surface area contributed by atoms with E-state index < -0.39 is 0 Å². The third-order valence-corrected chi connectivity index (χ3v) is 6.37. The summed E-state index contributed by atoms with van der Waals surface area (Å²) >= 11 is 0. The van der Waals surface area contributed by atoms with Crippen LogP contribution >= 0.6 is 0 Å². The van der Waals surface area contributed by atoms with Crippen LogP contribution in [0.2, 0.25) is 0 Å². The summed E-state index contributed by atoms with van der Waals surface area (Å²) in [4.78, 5) is 2.70. The van der Waals surface area contributed by atoms with Gasteiger partial charge in [-0.3, -0.25) is 0 Å². The van der Waals surface area contributed by atoms with Gasteiger partial charge in [0.2, 0.25) is 0 Å². The Kier molecular flexibility index (Phi) is 4.00. The van der Waals surface area contributed by atoms with Crippen molar-refractivity contribution in [2.75, 3.05) is 26.2 Å². The van der Waals surface area contributed by atoms with Gasteiger partial charge in [0.25, 0.3) is 0 Å². The summed E-state index contributed by atoms with van der Waals surface area (Å²) in [7, 11) is 0. The van der Waals surface area contributed by atoms with Crippen molar-refractivity contribution in [2.24, 2.45) is 5.92 Å². The quantitative estimate of drug-likeness (QED) is 0.836. The summed E-state index contributed by atoms with van der Waals surface area (Å²) in [5.74, 6) is 1.58. The molecular weight excluding hydrogens is 270 g/mol. The van der Waals surface area contributed by atoms with Gasteiger partial charge in [0.05, 0.1) is 12.2 Å². The lowest BCUT2D eigenvalue weighted by Gasteiger charge is -2.39. The van der Waals surface area contributed by atoms with Crippen LogP contribution in [0.25, 0.3) is 0 Å². The molecule has 3 aliphatic rings. The van der Waals surface area contributed by atoms with Crippen molar-refractivity contribution < 1.29 is 4.74 Å². The molecule has 2 heteroatoms. The molecule has 2 aliphatic heterocycles. The first-order valence-corrected chi connectivity index (χ1v) is 9.22. The van der Waals surface area contributed by atoms with Gasteiger partial charge in [0, 0.05) is 19.6 Å². The third kappa shape index (κ3) is 2.72. The lowest BCUT2D eigenvalue weighted by molar-refractivity contribution is -0.0444. The van der Waals surface area contributed by atoms with Gasteiger partial charge >= 0.3 is 0 Å². The smallest absolute Gasteiger partial charge is 0.0710 e. The van der Waals surface area contributed by atoms with Gasteiger partial charge < -0.3 is 9.64 Å². The zero-order chi connectivity index (χ0) is 15.0. The van der Waals surface area contributed by atoms with E-state index >= 15 is 0 Å². The molecule has 0 bridgehead atoms. The van der Waals surface area contributed by atoms with E-state index in [1.807, 2.05) is 0 Å². The van der Waals surface area contributed by atoms with Gasteiger partial charge in [-0.05, 0) is 55.1 Å². The van der Waals surface area contributed by atoms with E-state index in [2.05, 4.69) is 36.1 Å². The number of hydrogen-bond donors (Lipinski definition) is 0. The van der Waals surface area contributed by atoms with E-state index in [4.69, 9.17) is 4.74 Å². The molecule has 22 heavy (non-hydrogen) atoms. The molecule has 1 aromatic carbocycles. The van der Waals surface area contributed by atoms with Crippen LogP contribution < -0.4 is 0 Å². The summed E-state index contributed by atoms with van der Waals surface area (Å²) in [6, 6.07) is 9.06. The fourth-order valence-corrected chi connectivity index (χ4v) is 4.84. The highest BCUT2D eigenvalue weighted by Gasteiger charge is 2.42. The molecule has 0 unspecified atom stereocenters. The molecule has 2 fully saturated rings. The molecule has 4 rings (SSSR count). The van der Waals surface area contributed by atoms with Crippen LogP contribution in [0.1, 0.15) is 56.1 Å². The normalized spacial score (nSPS) is 30.8. The summed E-state index contributed by atoms with van der Waals surface area (Å²) < 4.78 is 6.23. The van der Waals surface area contributed by atoms with Crippen molar-refractivity contribution in [1.29, 1.82) is 0 Å². The van der Waals surface area contributed by atoms with Crippen LogP contribution in [0.5, 0.6) is 0 Å². The maximum absolute atomic E-state index is 6.23. The molecular formula is C20H29NO. The van der Waals surface area contributed by atoms with Crippen LogP contribution in [0, 0.1) is 5.92 Å². The molecule has 2 atom stereocenters. The van der Waals surface area contributed by atoms with Crippen LogP contribution in [0.15, 0.2) is 24.3 Å². The lowest BCUT2D eigenvalue weighted by Crippen LogP contribution is -2.45. The Morgan fingerprint density at radius 2 is 2.05 bits per heavy atom. The lowest BCUT2D eigenvalue weighted by atomic mass is 9.84. The van der Waals surface area contributed by atoms with E-state index in [1.54, 1.807) is 11.1 Å². The molecule has 0 radical (unpaired) electrons. The van der Waals surface area contributed by atoms with Crippen molar-refractivity contribution in [3.05, 3.63) is 35.4 Å². The maximum Gasteiger partial charge on any atom is 0.0710 e. The first kappa shape index (κ1) is 14.7. The molecule has 1 spiro atoms. The van der Waals surface area contributed by atoms with E-state index in [0.717, 1.165) is 18.4 Å². The first-order chi connectivity index (χ1) is 10.8. The number of rotatable bonds is 3. The summed E-state index contributed by atoms with van der Waals surface area (Å²) in [6.45, 7) is 7.03. The zero-order valence-electron chi connectivity index (χ0n) is 13.9. The molecule has 0 amide bonds. The SMILES string of the molecule is CC[C@H]1COC2(CCN(C[C@@H]3CCc4ccccc43)CC2)C1. The van der Waals surface area contributed by atoms with Gasteiger partial charge in [-0.1, -0.05) is 37.6 Å². The van der Waals surface area contributed by atoms with Crippen LogP contribution in [0.4, 0.5) is 0 Å². The number of aryl methyl sites for hydroxylation is 1. The zero-order valence-corrected chi connectivity index (χ0v) is 13.9. The Morgan fingerprint density at radius 3 is 2.82 bits per heavy atom. The van der Waals surface area contributed by atoms with E-state index in [0.29, 0.717) is 0 Å². The molecule has 2 saturated heterocycles. The van der Waals surface area contributed by atoms with Crippen LogP contribution in [0.3, 0.4) is 0 Å². The highest BCUT2D eigenvalue weighted by molar-refractivity contribution is 5.35. The van der Waals surface area contributed by atoms with Crippen molar-refractivity contribution in [3.8, 4) is 0 Å². The summed E-state index contributed by atoms with van der Waals surface area (Å²) in [6.07, 6.45) is 7.71. The van der Waals surface area contributed by atoms with Gasteiger partial charge in [-0.2, -0.15) is 0 Å².